The largest absolute Gasteiger partial charge is 0.493 e. The third kappa shape index (κ3) is 4.36. The fraction of sp³-hybridized carbons (Fsp3) is 0.389. The minimum atomic E-state index is -1.07. The summed E-state index contributed by atoms with van der Waals surface area (Å²) >= 11 is 1.59. The van der Waals surface area contributed by atoms with Crippen molar-refractivity contribution in [1.29, 1.82) is 0 Å². The van der Waals surface area contributed by atoms with E-state index < -0.39 is 12.0 Å². The van der Waals surface area contributed by atoms with E-state index >= 15 is 0 Å². The number of aliphatic carboxylic acids is 1. The lowest BCUT2D eigenvalue weighted by molar-refractivity contribution is -0.142. The molecule has 1 aromatic carbocycles. The van der Waals surface area contributed by atoms with Crippen LogP contribution in [0.15, 0.2) is 23.6 Å². The Bertz CT molecular complexity index is 787. The molecule has 2 heterocycles. The van der Waals surface area contributed by atoms with Gasteiger partial charge in [0.2, 0.25) is 5.91 Å². The minimum absolute atomic E-state index is 0.267. The zero-order valence-corrected chi connectivity index (χ0v) is 14.8. The van der Waals surface area contributed by atoms with Gasteiger partial charge in [-0.15, -0.1) is 11.3 Å². The Kier molecular flexibility index (Phi) is 5.33. The lowest BCUT2D eigenvalue weighted by Crippen LogP contribution is -2.33. The highest BCUT2D eigenvalue weighted by atomic mass is 32.1. The average molecular weight is 360 g/mol. The van der Waals surface area contributed by atoms with Crippen LogP contribution in [-0.4, -0.2) is 28.6 Å². The van der Waals surface area contributed by atoms with Crippen molar-refractivity contribution in [3.05, 3.63) is 45.4 Å². The number of rotatable bonds is 7. The maximum absolute atomic E-state index is 12.1. The predicted molar refractivity (Wildman–Crippen MR) is 93.9 cm³/mol. The highest BCUT2D eigenvalue weighted by Crippen LogP contribution is 2.28. The second-order valence-electron chi connectivity index (χ2n) is 6.02. The molecule has 3 rings (SSSR count). The summed E-state index contributed by atoms with van der Waals surface area (Å²) in [5, 5.41) is 15.1. The second-order valence-corrected chi connectivity index (χ2v) is 7.08. The monoisotopic (exact) mass is 360 g/mol. The number of carboxylic acid groups (broad SMARTS) is 1. The predicted octanol–water partition coefficient (Wildman–Crippen LogP) is 2.65. The van der Waals surface area contributed by atoms with Crippen LogP contribution in [-0.2, 0) is 22.4 Å². The SMILES string of the molecule is Cc1nc(CCCC(=O)NC(C(=O)O)c2ccc3c(c2)CCO3)cs1. The molecule has 0 saturated carbocycles. The summed E-state index contributed by atoms with van der Waals surface area (Å²) in [6.45, 7) is 2.55. The summed E-state index contributed by atoms with van der Waals surface area (Å²) in [7, 11) is 0. The van der Waals surface area contributed by atoms with E-state index in [4.69, 9.17) is 4.74 Å². The van der Waals surface area contributed by atoms with E-state index in [1.807, 2.05) is 12.3 Å². The van der Waals surface area contributed by atoms with Crippen molar-refractivity contribution in [2.24, 2.45) is 0 Å². The van der Waals surface area contributed by atoms with Crippen LogP contribution in [0.5, 0.6) is 5.75 Å². The molecule has 132 valence electrons. The molecule has 0 fully saturated rings. The zero-order chi connectivity index (χ0) is 17.8. The molecule has 0 saturated heterocycles. The molecular weight excluding hydrogens is 340 g/mol. The van der Waals surface area contributed by atoms with Gasteiger partial charge in [0.15, 0.2) is 6.04 Å². The van der Waals surface area contributed by atoms with Gasteiger partial charge in [-0.25, -0.2) is 9.78 Å². The van der Waals surface area contributed by atoms with E-state index in [1.165, 1.54) is 0 Å². The van der Waals surface area contributed by atoms with Crippen molar-refractivity contribution in [2.75, 3.05) is 6.61 Å². The summed E-state index contributed by atoms with van der Waals surface area (Å²) in [5.41, 5.74) is 2.53. The van der Waals surface area contributed by atoms with Crippen LogP contribution in [0.2, 0.25) is 0 Å². The third-order valence-corrected chi connectivity index (χ3v) is 4.92. The molecule has 1 unspecified atom stereocenters. The molecule has 1 aliphatic rings. The normalized spacial score (nSPS) is 13.8. The number of carboxylic acids is 1. The molecule has 7 heteroatoms. The number of ether oxygens (including phenoxy) is 1. The molecular formula is C18H20N2O4S. The highest BCUT2D eigenvalue weighted by Gasteiger charge is 2.24. The Morgan fingerprint density at radius 2 is 2.28 bits per heavy atom. The molecule has 6 nitrogen and oxygen atoms in total. The molecule has 0 bridgehead atoms. The number of nitrogens with one attached hydrogen (secondary N) is 1. The Balaban J connectivity index is 1.57. The average Bonchev–Trinajstić information content (AvgIpc) is 3.20. The van der Waals surface area contributed by atoms with Crippen molar-refractivity contribution in [3.8, 4) is 5.75 Å². The number of benzene rings is 1. The Morgan fingerprint density at radius 3 is 3.00 bits per heavy atom. The van der Waals surface area contributed by atoms with Gasteiger partial charge in [-0.2, -0.15) is 0 Å². The van der Waals surface area contributed by atoms with Crippen LogP contribution in [0.25, 0.3) is 0 Å². The number of amides is 1. The van der Waals surface area contributed by atoms with Gasteiger partial charge in [0, 0.05) is 18.2 Å². The topological polar surface area (TPSA) is 88.5 Å². The fourth-order valence-corrected chi connectivity index (χ4v) is 3.51. The molecule has 1 amide bonds. The van der Waals surface area contributed by atoms with Gasteiger partial charge in [-0.05, 0) is 43.0 Å². The smallest absolute Gasteiger partial charge is 0.330 e. The van der Waals surface area contributed by atoms with E-state index in [0.29, 0.717) is 25.0 Å². The number of fused-ring (bicyclic) bond motifs is 1. The quantitative estimate of drug-likeness (QED) is 0.792. The van der Waals surface area contributed by atoms with Gasteiger partial charge < -0.3 is 15.2 Å². The molecule has 1 aromatic heterocycles. The Morgan fingerprint density at radius 1 is 1.44 bits per heavy atom. The Hall–Kier alpha value is -2.41. The van der Waals surface area contributed by atoms with Crippen LogP contribution < -0.4 is 10.1 Å². The number of thiazole rings is 1. The van der Waals surface area contributed by atoms with Crippen LogP contribution in [0.4, 0.5) is 0 Å². The summed E-state index contributed by atoms with van der Waals surface area (Å²) in [5.74, 6) is -0.545. The van der Waals surface area contributed by atoms with E-state index in [0.717, 1.165) is 28.4 Å². The summed E-state index contributed by atoms with van der Waals surface area (Å²) in [6.07, 6.45) is 2.38. The number of hydrogen-bond acceptors (Lipinski definition) is 5. The van der Waals surface area contributed by atoms with Crippen molar-refractivity contribution in [3.63, 3.8) is 0 Å². The first-order chi connectivity index (χ1) is 12.0. The molecule has 2 aromatic rings. The molecule has 0 aliphatic carbocycles. The standard InChI is InChI=1S/C18H20N2O4S/c1-11-19-14(10-25-11)3-2-4-16(21)20-17(18(22)23)13-5-6-15-12(9-13)7-8-24-15/h5-6,9-10,17H,2-4,7-8H2,1H3,(H,20,21)(H,22,23). The molecule has 0 radical (unpaired) electrons. The number of nitrogens with zero attached hydrogens (tertiary/aromatic N) is 1. The lowest BCUT2D eigenvalue weighted by Gasteiger charge is -2.15. The van der Waals surface area contributed by atoms with E-state index in [2.05, 4.69) is 10.3 Å². The number of aryl methyl sites for hydroxylation is 2. The highest BCUT2D eigenvalue weighted by molar-refractivity contribution is 7.09. The molecule has 1 atom stereocenters. The van der Waals surface area contributed by atoms with E-state index in [1.54, 1.807) is 29.5 Å². The van der Waals surface area contributed by atoms with Crippen LogP contribution >= 0.6 is 11.3 Å². The summed E-state index contributed by atoms with van der Waals surface area (Å²) in [4.78, 5) is 28.1. The van der Waals surface area contributed by atoms with E-state index in [9.17, 15) is 14.7 Å². The van der Waals surface area contributed by atoms with Crippen molar-refractivity contribution in [2.45, 2.75) is 38.6 Å². The maximum Gasteiger partial charge on any atom is 0.330 e. The van der Waals surface area contributed by atoms with Gasteiger partial charge in [0.05, 0.1) is 17.3 Å². The molecule has 2 N–H and O–H groups in total. The number of carbonyl (C=O) groups excluding carboxylic acids is 1. The lowest BCUT2D eigenvalue weighted by atomic mass is 10.0. The van der Waals surface area contributed by atoms with Crippen molar-refractivity contribution in [1.82, 2.24) is 10.3 Å². The molecule has 25 heavy (non-hydrogen) atoms. The second kappa shape index (κ2) is 7.65. The van der Waals surface area contributed by atoms with Gasteiger partial charge in [-0.1, -0.05) is 6.07 Å². The van der Waals surface area contributed by atoms with E-state index in [-0.39, 0.29) is 12.3 Å². The number of carbonyl (C=O) groups is 2. The van der Waals surface area contributed by atoms with Gasteiger partial charge >= 0.3 is 5.97 Å². The van der Waals surface area contributed by atoms with Gasteiger partial charge in [-0.3, -0.25) is 4.79 Å². The first-order valence-corrected chi connectivity index (χ1v) is 9.09. The maximum atomic E-state index is 12.1. The Labute approximate surface area is 149 Å². The van der Waals surface area contributed by atoms with Gasteiger partial charge in [0.25, 0.3) is 0 Å². The van der Waals surface area contributed by atoms with Crippen LogP contribution in [0.3, 0.4) is 0 Å². The van der Waals surface area contributed by atoms with Gasteiger partial charge in [0.1, 0.15) is 5.75 Å². The van der Waals surface area contributed by atoms with Crippen LogP contribution in [0.1, 0.15) is 40.7 Å². The first-order valence-electron chi connectivity index (χ1n) is 8.22. The molecule has 1 aliphatic heterocycles. The van der Waals surface area contributed by atoms with Crippen molar-refractivity contribution < 1.29 is 19.4 Å². The summed E-state index contributed by atoms with van der Waals surface area (Å²) in [6, 6.07) is 4.23. The number of hydrogen-bond donors (Lipinski definition) is 2. The minimum Gasteiger partial charge on any atom is -0.493 e. The fourth-order valence-electron chi connectivity index (χ4n) is 2.86. The number of aromatic nitrogens is 1. The zero-order valence-electron chi connectivity index (χ0n) is 13.9. The molecule has 0 spiro atoms. The van der Waals surface area contributed by atoms with Crippen LogP contribution in [0, 0.1) is 6.92 Å². The summed E-state index contributed by atoms with van der Waals surface area (Å²) < 4.78 is 5.43. The third-order valence-electron chi connectivity index (χ3n) is 4.10. The first kappa shape index (κ1) is 17.4. The van der Waals surface area contributed by atoms with Crippen molar-refractivity contribution >= 4 is 23.2 Å².